The number of sulfonamides is 1. The number of halogens is 3. The molecule has 0 spiro atoms. The Morgan fingerprint density at radius 2 is 1.50 bits per heavy atom. The molecule has 7 nitrogen and oxygen atoms in total. The van der Waals surface area contributed by atoms with Crippen LogP contribution < -0.4 is 9.62 Å². The van der Waals surface area contributed by atoms with Crippen molar-refractivity contribution in [1.29, 1.82) is 0 Å². The van der Waals surface area contributed by atoms with Crippen LogP contribution in [0.1, 0.15) is 24.5 Å². The smallest absolute Gasteiger partial charge is 0.264 e. The Morgan fingerprint density at radius 1 is 0.841 bits per heavy atom. The number of anilines is 1. The van der Waals surface area contributed by atoms with E-state index in [2.05, 4.69) is 21.2 Å². The molecule has 11 heteroatoms. The molecular weight excluding hydrogens is 685 g/mol. The number of carbonyl (C=O) groups excluding carboxylic acids is 2. The summed E-state index contributed by atoms with van der Waals surface area (Å²) in [5.41, 5.74) is 1.78. The molecule has 0 heterocycles. The predicted octanol–water partition coefficient (Wildman–Crippen LogP) is 7.12. The van der Waals surface area contributed by atoms with Gasteiger partial charge in [-0.3, -0.25) is 13.9 Å². The monoisotopic (exact) mass is 715 g/mol. The maximum absolute atomic E-state index is 14.4. The molecule has 0 saturated carbocycles. The van der Waals surface area contributed by atoms with Gasteiger partial charge in [-0.15, -0.1) is 0 Å². The van der Waals surface area contributed by atoms with E-state index in [-0.39, 0.29) is 39.5 Å². The van der Waals surface area contributed by atoms with Gasteiger partial charge in [0.15, 0.2) is 0 Å². The van der Waals surface area contributed by atoms with Crippen molar-refractivity contribution in [2.24, 2.45) is 0 Å². The van der Waals surface area contributed by atoms with Gasteiger partial charge >= 0.3 is 0 Å². The van der Waals surface area contributed by atoms with E-state index in [0.717, 1.165) is 19.9 Å². The van der Waals surface area contributed by atoms with Gasteiger partial charge in [0.05, 0.1) is 20.6 Å². The SMILES string of the molecule is CCCNC(=O)C(Cc1ccccc1)N(Cc1cccc(Br)c1)C(=O)CN(c1ccc(Cl)c(Cl)c1)S(=O)(=O)c1ccccc1. The van der Waals surface area contributed by atoms with E-state index >= 15 is 0 Å². The maximum Gasteiger partial charge on any atom is 0.264 e. The third kappa shape index (κ3) is 8.63. The molecular formula is C33H32BrCl2N3O4S. The summed E-state index contributed by atoms with van der Waals surface area (Å²) in [4.78, 5) is 29.6. The van der Waals surface area contributed by atoms with Gasteiger partial charge in [-0.1, -0.05) is 107 Å². The first-order chi connectivity index (χ1) is 21.1. The minimum Gasteiger partial charge on any atom is -0.354 e. The molecule has 4 aromatic carbocycles. The summed E-state index contributed by atoms with van der Waals surface area (Å²) in [6.07, 6.45) is 0.943. The van der Waals surface area contributed by atoms with Gasteiger partial charge in [0.1, 0.15) is 12.6 Å². The first kappa shape index (κ1) is 33.5. The summed E-state index contributed by atoms with van der Waals surface area (Å²) in [5, 5.41) is 3.31. The molecule has 0 fully saturated rings. The van der Waals surface area contributed by atoms with Crippen LogP contribution in [0.4, 0.5) is 5.69 Å². The zero-order valence-corrected chi connectivity index (χ0v) is 27.9. The summed E-state index contributed by atoms with van der Waals surface area (Å²) in [7, 11) is -4.23. The van der Waals surface area contributed by atoms with Gasteiger partial charge < -0.3 is 10.2 Å². The number of nitrogens with zero attached hydrogens (tertiary/aromatic N) is 2. The Bertz CT molecular complexity index is 1690. The van der Waals surface area contributed by atoms with Gasteiger partial charge in [0, 0.05) is 24.0 Å². The Morgan fingerprint density at radius 3 is 2.14 bits per heavy atom. The largest absolute Gasteiger partial charge is 0.354 e. The van der Waals surface area contributed by atoms with E-state index in [1.807, 2.05) is 61.5 Å². The van der Waals surface area contributed by atoms with Gasteiger partial charge in [0.2, 0.25) is 11.8 Å². The van der Waals surface area contributed by atoms with E-state index in [1.165, 1.54) is 35.2 Å². The van der Waals surface area contributed by atoms with Crippen LogP contribution in [0.2, 0.25) is 10.0 Å². The molecule has 4 rings (SSSR count). The standard InChI is InChI=1S/C33H32BrCl2N3O4S/c1-2-18-37-33(41)31(20-24-10-5-3-6-11-24)38(22-25-12-9-13-26(34)19-25)32(40)23-39(27-16-17-29(35)30(36)21-27)44(42,43)28-14-7-4-8-15-28/h3-17,19,21,31H,2,18,20,22-23H2,1H3,(H,37,41). The van der Waals surface area contributed by atoms with Crippen LogP contribution in [-0.2, 0) is 32.6 Å². The molecule has 230 valence electrons. The molecule has 1 atom stereocenters. The van der Waals surface area contributed by atoms with Gasteiger partial charge in [-0.25, -0.2) is 8.42 Å². The van der Waals surface area contributed by atoms with Crippen molar-refractivity contribution >= 4 is 66.7 Å². The number of carbonyl (C=O) groups is 2. The maximum atomic E-state index is 14.4. The van der Waals surface area contributed by atoms with Crippen molar-refractivity contribution in [2.45, 2.75) is 37.2 Å². The Labute approximate surface area is 277 Å². The highest BCUT2D eigenvalue weighted by Crippen LogP contribution is 2.31. The van der Waals surface area contributed by atoms with Gasteiger partial charge in [0.25, 0.3) is 10.0 Å². The highest BCUT2D eigenvalue weighted by atomic mass is 79.9. The highest BCUT2D eigenvalue weighted by Gasteiger charge is 2.34. The Kier molecular flexibility index (Phi) is 11.9. The second-order valence-electron chi connectivity index (χ2n) is 10.1. The summed E-state index contributed by atoms with van der Waals surface area (Å²) >= 11 is 15.9. The predicted molar refractivity (Wildman–Crippen MR) is 179 cm³/mol. The summed E-state index contributed by atoms with van der Waals surface area (Å²) in [6.45, 7) is 1.85. The van der Waals surface area contributed by atoms with E-state index in [9.17, 15) is 18.0 Å². The minimum atomic E-state index is -4.23. The molecule has 2 amide bonds. The quantitative estimate of drug-likeness (QED) is 0.160. The second-order valence-corrected chi connectivity index (χ2v) is 13.7. The second kappa shape index (κ2) is 15.6. The van der Waals surface area contributed by atoms with Crippen molar-refractivity contribution in [3.8, 4) is 0 Å². The fraction of sp³-hybridized carbons (Fsp3) is 0.212. The molecule has 0 aliphatic heterocycles. The van der Waals surface area contributed by atoms with E-state index < -0.39 is 28.5 Å². The lowest BCUT2D eigenvalue weighted by Gasteiger charge is -2.34. The average molecular weight is 718 g/mol. The number of amides is 2. The van der Waals surface area contributed by atoms with Gasteiger partial charge in [-0.2, -0.15) is 0 Å². The van der Waals surface area contributed by atoms with Crippen LogP contribution in [0.5, 0.6) is 0 Å². The number of benzene rings is 4. The Balaban J connectivity index is 1.81. The van der Waals surface area contributed by atoms with Crippen molar-refractivity contribution < 1.29 is 18.0 Å². The van der Waals surface area contributed by atoms with Gasteiger partial charge in [-0.05, 0) is 60.0 Å². The first-order valence-electron chi connectivity index (χ1n) is 14.0. The van der Waals surface area contributed by atoms with Crippen LogP contribution in [0, 0.1) is 0 Å². The summed E-state index contributed by atoms with van der Waals surface area (Å²) in [6, 6.07) is 28.1. The van der Waals surface area contributed by atoms with Crippen LogP contribution in [0.3, 0.4) is 0 Å². The van der Waals surface area contributed by atoms with E-state index in [4.69, 9.17) is 23.2 Å². The van der Waals surface area contributed by atoms with Crippen LogP contribution in [0.25, 0.3) is 0 Å². The fourth-order valence-corrected chi connectivity index (χ4v) is 6.81. The molecule has 1 unspecified atom stereocenters. The third-order valence-corrected chi connectivity index (χ3v) is 9.88. The molecule has 0 aliphatic carbocycles. The van der Waals surface area contributed by atoms with E-state index in [0.29, 0.717) is 13.0 Å². The van der Waals surface area contributed by atoms with Crippen LogP contribution in [0.15, 0.2) is 112 Å². The number of hydrogen-bond acceptors (Lipinski definition) is 4. The molecule has 0 radical (unpaired) electrons. The molecule has 4 aromatic rings. The minimum absolute atomic E-state index is 0.000984. The molecule has 0 aliphatic rings. The van der Waals surface area contributed by atoms with Crippen LogP contribution >= 0.6 is 39.1 Å². The zero-order valence-electron chi connectivity index (χ0n) is 24.0. The molecule has 0 bridgehead atoms. The average Bonchev–Trinajstić information content (AvgIpc) is 3.02. The number of hydrogen-bond donors (Lipinski definition) is 1. The van der Waals surface area contributed by atoms with E-state index in [1.54, 1.807) is 18.2 Å². The molecule has 1 N–H and O–H groups in total. The lowest BCUT2D eigenvalue weighted by molar-refractivity contribution is -0.140. The number of rotatable bonds is 13. The highest BCUT2D eigenvalue weighted by molar-refractivity contribution is 9.10. The summed E-state index contributed by atoms with van der Waals surface area (Å²) in [5.74, 6) is -0.894. The van der Waals surface area contributed by atoms with Crippen LogP contribution in [-0.4, -0.2) is 44.3 Å². The Hall–Kier alpha value is -3.37. The van der Waals surface area contributed by atoms with Crippen molar-refractivity contribution in [3.63, 3.8) is 0 Å². The zero-order chi connectivity index (χ0) is 31.7. The fourth-order valence-electron chi connectivity index (χ4n) is 4.64. The lowest BCUT2D eigenvalue weighted by atomic mass is 10.0. The summed E-state index contributed by atoms with van der Waals surface area (Å²) < 4.78 is 29.9. The first-order valence-corrected chi connectivity index (χ1v) is 17.0. The van der Waals surface area contributed by atoms with Crippen molar-refractivity contribution in [3.05, 3.63) is 129 Å². The normalized spacial score (nSPS) is 11.9. The van der Waals surface area contributed by atoms with Crippen molar-refractivity contribution in [1.82, 2.24) is 10.2 Å². The number of nitrogens with one attached hydrogen (secondary N) is 1. The lowest BCUT2D eigenvalue weighted by Crippen LogP contribution is -2.53. The molecule has 0 saturated heterocycles. The molecule has 0 aromatic heterocycles. The third-order valence-electron chi connectivity index (χ3n) is 6.86. The van der Waals surface area contributed by atoms with Crippen molar-refractivity contribution in [2.75, 3.05) is 17.4 Å². The molecule has 44 heavy (non-hydrogen) atoms. The topological polar surface area (TPSA) is 86.8 Å².